The quantitative estimate of drug-likeness (QED) is 0.613. The Hall–Kier alpha value is -2.14. The Morgan fingerprint density at radius 2 is 1.92 bits per heavy atom. The fourth-order valence-electron chi connectivity index (χ4n) is 1.99. The van der Waals surface area contributed by atoms with Crippen LogP contribution in [0.4, 0.5) is 0 Å². The van der Waals surface area contributed by atoms with Crippen LogP contribution < -0.4 is 10.2 Å². The van der Waals surface area contributed by atoms with Crippen molar-refractivity contribution in [3.05, 3.63) is 64.1 Å². The number of halogens is 1. The maximum absolute atomic E-state index is 11.7. The van der Waals surface area contributed by atoms with Crippen molar-refractivity contribution < 1.29 is 9.53 Å². The number of nitrogens with one attached hydrogen (secondary N) is 1. The van der Waals surface area contributed by atoms with Gasteiger partial charge >= 0.3 is 0 Å². The summed E-state index contributed by atoms with van der Waals surface area (Å²) in [4.78, 5) is 11.7. The molecule has 126 valence electrons. The SMILES string of the molecule is CC(C)(C)c1ccc(C=NNC(=O)COc2cccc(Br)c2)cc1. The van der Waals surface area contributed by atoms with Gasteiger partial charge < -0.3 is 4.74 Å². The van der Waals surface area contributed by atoms with Gasteiger partial charge in [0, 0.05) is 4.47 Å². The van der Waals surface area contributed by atoms with Gasteiger partial charge in [-0.15, -0.1) is 0 Å². The van der Waals surface area contributed by atoms with Crippen molar-refractivity contribution >= 4 is 28.1 Å². The first-order valence-corrected chi connectivity index (χ1v) is 8.45. The number of carbonyl (C=O) groups is 1. The second kappa shape index (κ2) is 8.11. The van der Waals surface area contributed by atoms with Crippen LogP contribution in [0.25, 0.3) is 0 Å². The summed E-state index contributed by atoms with van der Waals surface area (Å²) in [6.07, 6.45) is 1.61. The van der Waals surface area contributed by atoms with E-state index in [-0.39, 0.29) is 17.9 Å². The second-order valence-electron chi connectivity index (χ2n) is 6.41. The van der Waals surface area contributed by atoms with E-state index >= 15 is 0 Å². The van der Waals surface area contributed by atoms with Gasteiger partial charge in [-0.3, -0.25) is 4.79 Å². The third-order valence-corrected chi connectivity index (χ3v) is 3.84. The third kappa shape index (κ3) is 5.81. The molecule has 2 rings (SSSR count). The highest BCUT2D eigenvalue weighted by Gasteiger charge is 2.12. The molecule has 24 heavy (non-hydrogen) atoms. The van der Waals surface area contributed by atoms with Crippen molar-refractivity contribution in [1.82, 2.24) is 5.43 Å². The fourth-order valence-corrected chi connectivity index (χ4v) is 2.36. The number of hydrogen-bond donors (Lipinski definition) is 1. The lowest BCUT2D eigenvalue weighted by molar-refractivity contribution is -0.123. The Balaban J connectivity index is 1.81. The normalized spacial score (nSPS) is 11.5. The highest BCUT2D eigenvalue weighted by molar-refractivity contribution is 9.10. The van der Waals surface area contributed by atoms with E-state index in [0.29, 0.717) is 5.75 Å². The first kappa shape index (κ1) is 18.2. The molecule has 2 aromatic carbocycles. The van der Waals surface area contributed by atoms with Gasteiger partial charge in [0.25, 0.3) is 5.91 Å². The largest absolute Gasteiger partial charge is 0.484 e. The highest BCUT2D eigenvalue weighted by atomic mass is 79.9. The van der Waals surface area contributed by atoms with E-state index in [4.69, 9.17) is 4.74 Å². The molecule has 0 aromatic heterocycles. The molecule has 2 aromatic rings. The van der Waals surface area contributed by atoms with Crippen LogP contribution in [0, 0.1) is 0 Å². The lowest BCUT2D eigenvalue weighted by Crippen LogP contribution is -2.24. The maximum atomic E-state index is 11.7. The van der Waals surface area contributed by atoms with Gasteiger partial charge in [0.1, 0.15) is 5.75 Å². The second-order valence-corrected chi connectivity index (χ2v) is 7.33. The average Bonchev–Trinajstić information content (AvgIpc) is 2.53. The molecule has 0 saturated carbocycles. The molecule has 5 heteroatoms. The van der Waals surface area contributed by atoms with Gasteiger partial charge in [-0.05, 0) is 34.7 Å². The van der Waals surface area contributed by atoms with Crippen molar-refractivity contribution in [2.45, 2.75) is 26.2 Å². The first-order chi connectivity index (χ1) is 11.3. The summed E-state index contributed by atoms with van der Waals surface area (Å²) < 4.78 is 6.29. The van der Waals surface area contributed by atoms with E-state index in [0.717, 1.165) is 10.0 Å². The van der Waals surface area contributed by atoms with Gasteiger partial charge in [0.2, 0.25) is 0 Å². The van der Waals surface area contributed by atoms with Gasteiger partial charge in [-0.25, -0.2) is 5.43 Å². The zero-order valence-electron chi connectivity index (χ0n) is 14.0. The molecule has 0 spiro atoms. The van der Waals surface area contributed by atoms with Gasteiger partial charge in [-0.2, -0.15) is 5.10 Å². The van der Waals surface area contributed by atoms with Crippen LogP contribution in [-0.4, -0.2) is 18.7 Å². The molecule has 0 unspecified atom stereocenters. The summed E-state index contributed by atoms with van der Waals surface area (Å²) in [5.74, 6) is 0.318. The maximum Gasteiger partial charge on any atom is 0.277 e. The molecule has 0 heterocycles. The standard InChI is InChI=1S/C19H21BrN2O2/c1-19(2,3)15-9-7-14(8-10-15)12-21-22-18(23)13-24-17-6-4-5-16(20)11-17/h4-12H,13H2,1-3H3,(H,22,23). The third-order valence-electron chi connectivity index (χ3n) is 3.35. The summed E-state index contributed by atoms with van der Waals surface area (Å²) in [5.41, 5.74) is 4.76. The first-order valence-electron chi connectivity index (χ1n) is 7.65. The highest BCUT2D eigenvalue weighted by Crippen LogP contribution is 2.21. The zero-order valence-corrected chi connectivity index (χ0v) is 15.6. The Morgan fingerprint density at radius 1 is 1.21 bits per heavy atom. The molecule has 1 amide bonds. The summed E-state index contributed by atoms with van der Waals surface area (Å²) >= 11 is 3.35. The minimum Gasteiger partial charge on any atom is -0.484 e. The predicted molar refractivity (Wildman–Crippen MR) is 101 cm³/mol. The molecule has 0 saturated heterocycles. The molecule has 0 aliphatic rings. The molecule has 4 nitrogen and oxygen atoms in total. The van der Waals surface area contributed by atoms with Crippen LogP contribution in [0.3, 0.4) is 0 Å². The number of ether oxygens (including phenoxy) is 1. The summed E-state index contributed by atoms with van der Waals surface area (Å²) in [7, 11) is 0. The van der Waals surface area contributed by atoms with Gasteiger partial charge in [-0.1, -0.05) is 67.0 Å². The van der Waals surface area contributed by atoms with Crippen LogP contribution in [-0.2, 0) is 10.2 Å². The molecule has 0 radical (unpaired) electrons. The van der Waals surface area contributed by atoms with E-state index in [1.807, 2.05) is 24.3 Å². The molecular formula is C19H21BrN2O2. The molecule has 0 atom stereocenters. The number of benzene rings is 2. The topological polar surface area (TPSA) is 50.7 Å². The Morgan fingerprint density at radius 3 is 2.54 bits per heavy atom. The monoisotopic (exact) mass is 388 g/mol. The smallest absolute Gasteiger partial charge is 0.277 e. The van der Waals surface area contributed by atoms with Crippen LogP contribution in [0.2, 0.25) is 0 Å². The Bertz CT molecular complexity index is 719. The van der Waals surface area contributed by atoms with Crippen LogP contribution >= 0.6 is 15.9 Å². The molecule has 0 fully saturated rings. The Labute approximate surface area is 151 Å². The molecule has 0 bridgehead atoms. The molecule has 1 N–H and O–H groups in total. The number of nitrogens with zero attached hydrogens (tertiary/aromatic N) is 1. The van der Waals surface area contributed by atoms with Gasteiger partial charge in [0.15, 0.2) is 6.61 Å². The zero-order chi connectivity index (χ0) is 17.6. The minimum atomic E-state index is -0.308. The molecule has 0 aliphatic heterocycles. The van der Waals surface area contributed by atoms with E-state index in [2.05, 4.69) is 59.4 Å². The molecule has 0 aliphatic carbocycles. The number of hydrazone groups is 1. The molecular weight excluding hydrogens is 368 g/mol. The fraction of sp³-hybridized carbons (Fsp3) is 0.263. The Kier molecular flexibility index (Phi) is 6.15. The number of hydrogen-bond acceptors (Lipinski definition) is 3. The number of carbonyl (C=O) groups excluding carboxylic acids is 1. The number of amides is 1. The van der Waals surface area contributed by atoms with E-state index in [1.165, 1.54) is 5.56 Å². The van der Waals surface area contributed by atoms with Crippen molar-refractivity contribution in [2.24, 2.45) is 5.10 Å². The van der Waals surface area contributed by atoms with Crippen LogP contribution in [0.1, 0.15) is 31.9 Å². The lowest BCUT2D eigenvalue weighted by atomic mass is 9.87. The van der Waals surface area contributed by atoms with E-state index in [9.17, 15) is 4.79 Å². The van der Waals surface area contributed by atoms with Gasteiger partial charge in [0.05, 0.1) is 6.21 Å². The number of rotatable bonds is 5. The summed E-state index contributed by atoms with van der Waals surface area (Å²) in [6, 6.07) is 15.4. The van der Waals surface area contributed by atoms with Crippen LogP contribution in [0.5, 0.6) is 5.75 Å². The van der Waals surface area contributed by atoms with Crippen molar-refractivity contribution in [1.29, 1.82) is 0 Å². The minimum absolute atomic E-state index is 0.0866. The van der Waals surface area contributed by atoms with Crippen molar-refractivity contribution in [3.8, 4) is 5.75 Å². The van der Waals surface area contributed by atoms with Crippen molar-refractivity contribution in [3.63, 3.8) is 0 Å². The summed E-state index contributed by atoms with van der Waals surface area (Å²) in [6.45, 7) is 6.42. The lowest BCUT2D eigenvalue weighted by Gasteiger charge is -2.18. The predicted octanol–water partition coefficient (Wildman–Crippen LogP) is 4.28. The summed E-state index contributed by atoms with van der Waals surface area (Å²) in [5, 5.41) is 3.95. The average molecular weight is 389 g/mol. The van der Waals surface area contributed by atoms with Crippen molar-refractivity contribution in [2.75, 3.05) is 6.61 Å². The van der Waals surface area contributed by atoms with E-state index in [1.54, 1.807) is 18.3 Å². The van der Waals surface area contributed by atoms with Crippen LogP contribution in [0.15, 0.2) is 58.1 Å². The van der Waals surface area contributed by atoms with E-state index < -0.39 is 0 Å².